The molecular formula is C17H24ClNO2. The second kappa shape index (κ2) is 7.60. The SMILES string of the molecule is CC(CC(=O)N(C(C)C)C(C)C)C(=O)c1ccc(Cl)cc1. The highest BCUT2D eigenvalue weighted by Crippen LogP contribution is 2.18. The molecule has 1 aromatic rings. The van der Waals surface area contributed by atoms with Crippen molar-refractivity contribution in [2.45, 2.75) is 53.1 Å². The maximum atomic E-state index is 12.4. The Morgan fingerprint density at radius 3 is 1.90 bits per heavy atom. The minimum atomic E-state index is -0.335. The van der Waals surface area contributed by atoms with E-state index in [9.17, 15) is 9.59 Å². The Labute approximate surface area is 132 Å². The first-order valence-electron chi connectivity index (χ1n) is 7.35. The van der Waals surface area contributed by atoms with Crippen LogP contribution in [0.3, 0.4) is 0 Å². The zero-order valence-electron chi connectivity index (χ0n) is 13.4. The molecule has 0 spiro atoms. The van der Waals surface area contributed by atoms with Crippen LogP contribution in [0.1, 0.15) is 51.4 Å². The van der Waals surface area contributed by atoms with Crippen LogP contribution in [0.4, 0.5) is 0 Å². The van der Waals surface area contributed by atoms with Gasteiger partial charge in [0.15, 0.2) is 5.78 Å². The van der Waals surface area contributed by atoms with Crippen LogP contribution in [-0.2, 0) is 4.79 Å². The van der Waals surface area contributed by atoms with Crippen molar-refractivity contribution in [3.63, 3.8) is 0 Å². The molecule has 0 aliphatic rings. The van der Waals surface area contributed by atoms with Gasteiger partial charge in [-0.15, -0.1) is 0 Å². The van der Waals surface area contributed by atoms with Gasteiger partial charge < -0.3 is 4.90 Å². The van der Waals surface area contributed by atoms with Crippen molar-refractivity contribution in [2.24, 2.45) is 5.92 Å². The number of amides is 1. The molecule has 1 unspecified atom stereocenters. The minimum absolute atomic E-state index is 0.0209. The highest BCUT2D eigenvalue weighted by atomic mass is 35.5. The summed E-state index contributed by atoms with van der Waals surface area (Å²) in [4.78, 5) is 26.5. The normalized spacial score (nSPS) is 12.6. The number of carbonyl (C=O) groups excluding carboxylic acids is 2. The molecule has 0 aromatic heterocycles. The van der Waals surface area contributed by atoms with E-state index in [-0.39, 0.29) is 36.1 Å². The number of nitrogens with zero attached hydrogens (tertiary/aromatic N) is 1. The summed E-state index contributed by atoms with van der Waals surface area (Å²) in [5.74, 6) is -0.332. The topological polar surface area (TPSA) is 37.4 Å². The lowest BCUT2D eigenvalue weighted by Gasteiger charge is -2.31. The van der Waals surface area contributed by atoms with Gasteiger partial charge in [0, 0.05) is 35.0 Å². The van der Waals surface area contributed by atoms with E-state index in [1.54, 1.807) is 31.2 Å². The number of carbonyl (C=O) groups is 2. The molecule has 21 heavy (non-hydrogen) atoms. The Bertz CT molecular complexity index is 486. The Morgan fingerprint density at radius 2 is 1.48 bits per heavy atom. The molecule has 0 saturated heterocycles. The van der Waals surface area contributed by atoms with Crippen molar-refractivity contribution >= 4 is 23.3 Å². The van der Waals surface area contributed by atoms with Crippen molar-refractivity contribution in [1.82, 2.24) is 4.90 Å². The van der Waals surface area contributed by atoms with Crippen LogP contribution in [0.15, 0.2) is 24.3 Å². The molecule has 0 saturated carbocycles. The molecule has 3 nitrogen and oxygen atoms in total. The first kappa shape index (κ1) is 17.7. The summed E-state index contributed by atoms with van der Waals surface area (Å²) in [5, 5.41) is 0.598. The van der Waals surface area contributed by atoms with Crippen molar-refractivity contribution < 1.29 is 9.59 Å². The van der Waals surface area contributed by atoms with Crippen molar-refractivity contribution in [3.05, 3.63) is 34.9 Å². The third kappa shape index (κ3) is 4.85. The van der Waals surface area contributed by atoms with Gasteiger partial charge in [0.25, 0.3) is 0 Å². The second-order valence-corrected chi connectivity index (χ2v) is 6.40. The number of rotatable bonds is 6. The number of ketones is 1. The highest BCUT2D eigenvalue weighted by Gasteiger charge is 2.25. The third-order valence-electron chi connectivity index (χ3n) is 3.46. The molecule has 1 rings (SSSR count). The fourth-order valence-corrected chi connectivity index (χ4v) is 2.66. The van der Waals surface area contributed by atoms with Gasteiger partial charge in [-0.25, -0.2) is 0 Å². The molecule has 0 bridgehead atoms. The molecule has 1 aromatic carbocycles. The average molecular weight is 310 g/mol. The van der Waals surface area contributed by atoms with Crippen molar-refractivity contribution in [2.75, 3.05) is 0 Å². The van der Waals surface area contributed by atoms with E-state index in [1.807, 2.05) is 32.6 Å². The molecule has 1 amide bonds. The predicted octanol–water partition coefficient (Wildman–Crippen LogP) is 4.19. The lowest BCUT2D eigenvalue weighted by Crippen LogP contribution is -2.43. The Balaban J connectivity index is 2.75. The fourth-order valence-electron chi connectivity index (χ4n) is 2.53. The quantitative estimate of drug-likeness (QED) is 0.739. The van der Waals surface area contributed by atoms with Crippen LogP contribution >= 0.6 is 11.6 Å². The van der Waals surface area contributed by atoms with Gasteiger partial charge in [0.2, 0.25) is 5.91 Å². The molecule has 116 valence electrons. The Hall–Kier alpha value is -1.35. The van der Waals surface area contributed by atoms with Gasteiger partial charge >= 0.3 is 0 Å². The fraction of sp³-hybridized carbons (Fsp3) is 0.529. The van der Waals surface area contributed by atoms with Crippen LogP contribution in [-0.4, -0.2) is 28.7 Å². The lowest BCUT2D eigenvalue weighted by molar-refractivity contribution is -0.135. The maximum absolute atomic E-state index is 12.4. The number of halogens is 1. The zero-order chi connectivity index (χ0) is 16.2. The summed E-state index contributed by atoms with van der Waals surface area (Å²) < 4.78 is 0. The summed E-state index contributed by atoms with van der Waals surface area (Å²) in [6, 6.07) is 7.06. The Kier molecular flexibility index (Phi) is 6.41. The summed E-state index contributed by atoms with van der Waals surface area (Å²) in [6.45, 7) is 9.76. The first-order chi connectivity index (χ1) is 9.73. The smallest absolute Gasteiger partial charge is 0.223 e. The van der Waals surface area contributed by atoms with Crippen LogP contribution in [0.2, 0.25) is 5.02 Å². The molecule has 0 N–H and O–H groups in total. The predicted molar refractivity (Wildman–Crippen MR) is 86.7 cm³/mol. The van der Waals surface area contributed by atoms with Gasteiger partial charge in [-0.1, -0.05) is 18.5 Å². The molecule has 0 heterocycles. The molecule has 0 radical (unpaired) electrons. The van der Waals surface area contributed by atoms with Crippen molar-refractivity contribution in [1.29, 1.82) is 0 Å². The van der Waals surface area contributed by atoms with Crippen LogP contribution in [0.25, 0.3) is 0 Å². The van der Waals surface area contributed by atoms with E-state index in [4.69, 9.17) is 11.6 Å². The van der Waals surface area contributed by atoms with Gasteiger partial charge in [-0.2, -0.15) is 0 Å². The van der Waals surface area contributed by atoms with Crippen LogP contribution in [0, 0.1) is 5.92 Å². The van der Waals surface area contributed by atoms with E-state index in [1.165, 1.54) is 0 Å². The third-order valence-corrected chi connectivity index (χ3v) is 3.71. The van der Waals surface area contributed by atoms with E-state index in [0.29, 0.717) is 10.6 Å². The van der Waals surface area contributed by atoms with Gasteiger partial charge in [-0.05, 0) is 52.0 Å². The standard InChI is InChI=1S/C17H24ClNO2/c1-11(2)19(12(3)4)16(20)10-13(5)17(21)14-6-8-15(18)9-7-14/h6-9,11-13H,10H2,1-5H3. The van der Waals surface area contributed by atoms with Gasteiger partial charge in [0.1, 0.15) is 0 Å². The number of Topliss-reactive ketones (excluding diaryl/α,β-unsaturated/α-hetero) is 1. The molecule has 0 aliphatic carbocycles. The summed E-state index contributed by atoms with van der Waals surface area (Å²) in [6.07, 6.45) is 0.234. The van der Waals surface area contributed by atoms with Crippen molar-refractivity contribution in [3.8, 4) is 0 Å². The molecule has 0 fully saturated rings. The largest absolute Gasteiger partial charge is 0.338 e. The highest BCUT2D eigenvalue weighted by molar-refractivity contribution is 6.30. The molecule has 1 atom stereocenters. The van der Waals surface area contributed by atoms with E-state index in [0.717, 1.165) is 0 Å². The van der Waals surface area contributed by atoms with E-state index in [2.05, 4.69) is 0 Å². The lowest BCUT2D eigenvalue weighted by atomic mass is 9.95. The molecule has 0 aliphatic heterocycles. The summed E-state index contributed by atoms with van der Waals surface area (Å²) >= 11 is 5.82. The zero-order valence-corrected chi connectivity index (χ0v) is 14.1. The number of hydrogen-bond donors (Lipinski definition) is 0. The molecule has 4 heteroatoms. The second-order valence-electron chi connectivity index (χ2n) is 5.96. The maximum Gasteiger partial charge on any atom is 0.223 e. The molecular weight excluding hydrogens is 286 g/mol. The van der Waals surface area contributed by atoms with Crippen LogP contribution < -0.4 is 0 Å². The summed E-state index contributed by atoms with van der Waals surface area (Å²) in [5.41, 5.74) is 0.598. The van der Waals surface area contributed by atoms with E-state index < -0.39 is 0 Å². The monoisotopic (exact) mass is 309 g/mol. The first-order valence-corrected chi connectivity index (χ1v) is 7.72. The summed E-state index contributed by atoms with van der Waals surface area (Å²) in [7, 11) is 0. The number of benzene rings is 1. The van der Waals surface area contributed by atoms with Crippen LogP contribution in [0.5, 0.6) is 0 Å². The number of hydrogen-bond acceptors (Lipinski definition) is 2. The van der Waals surface area contributed by atoms with Gasteiger partial charge in [-0.3, -0.25) is 9.59 Å². The average Bonchev–Trinajstić information content (AvgIpc) is 2.37. The Morgan fingerprint density at radius 1 is 1.00 bits per heavy atom. The van der Waals surface area contributed by atoms with Gasteiger partial charge in [0.05, 0.1) is 0 Å². The van der Waals surface area contributed by atoms with E-state index >= 15 is 0 Å². The minimum Gasteiger partial charge on any atom is -0.338 e.